The van der Waals surface area contributed by atoms with Gasteiger partial charge in [0.25, 0.3) is 0 Å². The van der Waals surface area contributed by atoms with Gasteiger partial charge in [-0.15, -0.1) is 10.2 Å². The van der Waals surface area contributed by atoms with Crippen LogP contribution in [0.2, 0.25) is 5.02 Å². The van der Waals surface area contributed by atoms with Gasteiger partial charge >= 0.3 is 0 Å². The van der Waals surface area contributed by atoms with E-state index in [1.165, 1.54) is 55.9 Å². The van der Waals surface area contributed by atoms with E-state index in [0.29, 0.717) is 28.0 Å². The number of para-hydroxylation sites is 1. The average molecular weight is 565 g/mol. The van der Waals surface area contributed by atoms with Crippen molar-refractivity contribution in [2.24, 2.45) is 0 Å². The number of hydrogen-bond donors (Lipinski definition) is 0. The lowest BCUT2D eigenvalue weighted by Crippen LogP contribution is -2.49. The number of carbonyl (C=O) groups is 1. The molecule has 3 aromatic rings. The Morgan fingerprint density at radius 1 is 0.897 bits per heavy atom. The Balaban J connectivity index is 1.43. The van der Waals surface area contributed by atoms with Gasteiger partial charge in [0.15, 0.2) is 11.0 Å². The van der Waals surface area contributed by atoms with Crippen LogP contribution in [0.3, 0.4) is 0 Å². The van der Waals surface area contributed by atoms with Crippen molar-refractivity contribution in [3.8, 4) is 17.1 Å². The smallest absolute Gasteiger partial charge is 0.233 e. The summed E-state index contributed by atoms with van der Waals surface area (Å²) in [5.74, 6) is 1.33. The van der Waals surface area contributed by atoms with Gasteiger partial charge in [-0.05, 0) is 48.8 Å². The molecule has 5 rings (SSSR count). The molecule has 1 aromatic heterocycles. The van der Waals surface area contributed by atoms with Crippen LogP contribution in [-0.4, -0.2) is 43.4 Å². The summed E-state index contributed by atoms with van der Waals surface area (Å²) in [6.45, 7) is 6.64. The van der Waals surface area contributed by atoms with Crippen molar-refractivity contribution >= 4 is 29.3 Å². The molecular weight excluding hydrogens is 524 g/mol. The number of halogens is 1. The monoisotopic (exact) mass is 564 g/mol. The highest BCUT2D eigenvalue weighted by Gasteiger charge is 2.32. The van der Waals surface area contributed by atoms with Gasteiger partial charge in [-0.25, -0.2) is 0 Å². The molecule has 0 N–H and O–H groups in total. The molecule has 0 saturated heterocycles. The minimum Gasteiger partial charge on any atom is -0.336 e. The van der Waals surface area contributed by atoms with Crippen LogP contribution in [0.25, 0.3) is 17.1 Å². The first-order chi connectivity index (χ1) is 18.8. The molecule has 7 heteroatoms. The van der Waals surface area contributed by atoms with Gasteiger partial charge in [0.2, 0.25) is 5.91 Å². The standard InChI is InChI=1S/C32H41ClN4OS/c1-32(2,3)24-20-18-23(19-21-24)30-34-35-31(37(30)28-17-11-10-16-27(28)33)39-22-29(38)36(25-12-6-4-7-13-25)26-14-8-5-9-15-26/h10-11,16-21,25-26H,4-9,12-15,22H2,1-3H3. The Hall–Kier alpha value is -2.31. The third-order valence-corrected chi connectivity index (χ3v) is 9.52. The summed E-state index contributed by atoms with van der Waals surface area (Å²) in [5.41, 5.74) is 3.13. The minimum absolute atomic E-state index is 0.0683. The van der Waals surface area contributed by atoms with Gasteiger partial charge in [0.1, 0.15) is 0 Å². The molecule has 2 aromatic carbocycles. The molecule has 208 valence electrons. The lowest BCUT2D eigenvalue weighted by Gasteiger charge is -2.41. The molecule has 2 aliphatic carbocycles. The lowest BCUT2D eigenvalue weighted by atomic mass is 9.87. The van der Waals surface area contributed by atoms with Crippen molar-refractivity contribution in [2.45, 2.75) is 108 Å². The maximum absolute atomic E-state index is 13.9. The Morgan fingerprint density at radius 3 is 2.05 bits per heavy atom. The zero-order valence-electron chi connectivity index (χ0n) is 23.5. The van der Waals surface area contributed by atoms with E-state index in [1.54, 1.807) is 0 Å². The van der Waals surface area contributed by atoms with Gasteiger partial charge in [0, 0.05) is 17.6 Å². The highest BCUT2D eigenvalue weighted by molar-refractivity contribution is 7.99. The number of hydrogen-bond acceptors (Lipinski definition) is 4. The molecule has 0 unspecified atom stereocenters. The van der Waals surface area contributed by atoms with Crippen LogP contribution in [0.1, 0.15) is 90.5 Å². The summed E-state index contributed by atoms with van der Waals surface area (Å²) in [4.78, 5) is 16.1. The molecule has 1 heterocycles. The van der Waals surface area contributed by atoms with Crippen molar-refractivity contribution in [1.82, 2.24) is 19.7 Å². The number of benzene rings is 2. The van der Waals surface area contributed by atoms with Crippen LogP contribution in [0.15, 0.2) is 53.7 Å². The Labute approximate surface area is 242 Å². The summed E-state index contributed by atoms with van der Waals surface area (Å²) in [5, 5.41) is 10.5. The van der Waals surface area contributed by atoms with Gasteiger partial charge in [-0.1, -0.05) is 119 Å². The molecule has 0 atom stereocenters. The first-order valence-electron chi connectivity index (χ1n) is 14.6. The molecule has 2 fully saturated rings. The van der Waals surface area contributed by atoms with E-state index in [1.807, 2.05) is 28.8 Å². The first-order valence-corrected chi connectivity index (χ1v) is 15.9. The first kappa shape index (κ1) is 28.2. The average Bonchev–Trinajstić information content (AvgIpc) is 3.37. The van der Waals surface area contributed by atoms with Crippen LogP contribution in [0.4, 0.5) is 0 Å². The fraction of sp³-hybridized carbons (Fsp3) is 0.531. The van der Waals surface area contributed by atoms with Gasteiger partial charge in [-0.3, -0.25) is 9.36 Å². The highest BCUT2D eigenvalue weighted by Crippen LogP contribution is 2.35. The number of amides is 1. The van der Waals surface area contributed by atoms with E-state index in [4.69, 9.17) is 11.6 Å². The minimum atomic E-state index is 0.0683. The third kappa shape index (κ3) is 6.54. The number of carbonyl (C=O) groups excluding carboxylic acids is 1. The predicted octanol–water partition coefficient (Wildman–Crippen LogP) is 8.47. The fourth-order valence-electron chi connectivity index (χ4n) is 6.14. The van der Waals surface area contributed by atoms with Crippen LogP contribution >= 0.6 is 23.4 Å². The third-order valence-electron chi connectivity index (χ3n) is 8.28. The molecule has 0 aliphatic heterocycles. The molecule has 39 heavy (non-hydrogen) atoms. The second kappa shape index (κ2) is 12.5. The van der Waals surface area contributed by atoms with Gasteiger partial charge in [0.05, 0.1) is 16.5 Å². The summed E-state index contributed by atoms with van der Waals surface area (Å²) in [7, 11) is 0. The van der Waals surface area contributed by atoms with Crippen LogP contribution < -0.4 is 0 Å². The topological polar surface area (TPSA) is 51.0 Å². The van der Waals surface area contributed by atoms with E-state index in [9.17, 15) is 4.79 Å². The number of rotatable bonds is 7. The molecular formula is C32H41ClN4OS. The molecule has 0 spiro atoms. The van der Waals surface area contributed by atoms with Crippen molar-refractivity contribution in [3.63, 3.8) is 0 Å². The summed E-state index contributed by atoms with van der Waals surface area (Å²) in [6, 6.07) is 17.1. The lowest BCUT2D eigenvalue weighted by molar-refractivity contribution is -0.135. The SMILES string of the molecule is CC(C)(C)c1ccc(-c2nnc(SCC(=O)N(C3CCCCC3)C3CCCCC3)n2-c2ccccc2Cl)cc1. The van der Waals surface area contributed by atoms with Crippen LogP contribution in [-0.2, 0) is 10.2 Å². The normalized spacial score (nSPS) is 17.3. The fourth-order valence-corrected chi connectivity index (χ4v) is 7.18. The van der Waals surface area contributed by atoms with Crippen LogP contribution in [0, 0.1) is 0 Å². The second-order valence-electron chi connectivity index (χ2n) is 12.1. The summed E-state index contributed by atoms with van der Waals surface area (Å²) in [6.07, 6.45) is 12.0. The summed E-state index contributed by atoms with van der Waals surface area (Å²) < 4.78 is 2.01. The number of aromatic nitrogens is 3. The Bertz CT molecular complexity index is 1240. The van der Waals surface area contributed by atoms with Crippen molar-refractivity contribution in [3.05, 3.63) is 59.1 Å². The summed E-state index contributed by atoms with van der Waals surface area (Å²) >= 11 is 8.17. The molecule has 2 aliphatic rings. The molecule has 2 saturated carbocycles. The van der Waals surface area contributed by atoms with Gasteiger partial charge < -0.3 is 4.90 Å². The quantitative estimate of drug-likeness (QED) is 0.270. The predicted molar refractivity (Wildman–Crippen MR) is 162 cm³/mol. The van der Waals surface area contributed by atoms with E-state index in [0.717, 1.165) is 42.8 Å². The zero-order chi connectivity index (χ0) is 27.4. The van der Waals surface area contributed by atoms with E-state index < -0.39 is 0 Å². The maximum atomic E-state index is 13.9. The largest absolute Gasteiger partial charge is 0.336 e. The van der Waals surface area contributed by atoms with E-state index in [-0.39, 0.29) is 11.3 Å². The van der Waals surface area contributed by atoms with Crippen molar-refractivity contribution in [1.29, 1.82) is 0 Å². The highest BCUT2D eigenvalue weighted by atomic mass is 35.5. The van der Waals surface area contributed by atoms with Crippen molar-refractivity contribution < 1.29 is 4.79 Å². The molecule has 0 radical (unpaired) electrons. The molecule has 1 amide bonds. The molecule has 5 nitrogen and oxygen atoms in total. The Morgan fingerprint density at radius 2 is 1.49 bits per heavy atom. The Kier molecular flexibility index (Phi) is 9.02. The molecule has 0 bridgehead atoms. The van der Waals surface area contributed by atoms with Gasteiger partial charge in [-0.2, -0.15) is 0 Å². The van der Waals surface area contributed by atoms with E-state index >= 15 is 0 Å². The second-order valence-corrected chi connectivity index (χ2v) is 13.4. The van der Waals surface area contributed by atoms with Crippen LogP contribution in [0.5, 0.6) is 0 Å². The maximum Gasteiger partial charge on any atom is 0.233 e. The zero-order valence-corrected chi connectivity index (χ0v) is 25.1. The van der Waals surface area contributed by atoms with E-state index in [2.05, 4.69) is 60.1 Å². The number of nitrogens with zero attached hydrogens (tertiary/aromatic N) is 4. The van der Waals surface area contributed by atoms with Crippen molar-refractivity contribution in [2.75, 3.05) is 5.75 Å². The number of thioether (sulfide) groups is 1.